The van der Waals surface area contributed by atoms with E-state index in [1.165, 1.54) is 0 Å². The Morgan fingerprint density at radius 3 is 2.52 bits per heavy atom. The lowest BCUT2D eigenvalue weighted by molar-refractivity contribution is -0.141. The van der Waals surface area contributed by atoms with Gasteiger partial charge in [0.2, 0.25) is 5.91 Å². The van der Waals surface area contributed by atoms with Crippen molar-refractivity contribution in [1.29, 1.82) is 0 Å². The number of halogens is 3. The van der Waals surface area contributed by atoms with Crippen LogP contribution in [0.3, 0.4) is 0 Å². The molecular formula is C17H23Cl3N2O. The summed E-state index contributed by atoms with van der Waals surface area (Å²) in [5, 5.41) is 1.05. The second-order valence-corrected chi connectivity index (χ2v) is 7.52. The molecule has 2 unspecified atom stereocenters. The van der Waals surface area contributed by atoms with Crippen LogP contribution in [0.2, 0.25) is 10.0 Å². The summed E-state index contributed by atoms with van der Waals surface area (Å²) < 4.78 is 0. The predicted molar refractivity (Wildman–Crippen MR) is 97.6 cm³/mol. The van der Waals surface area contributed by atoms with E-state index in [9.17, 15) is 4.79 Å². The summed E-state index contributed by atoms with van der Waals surface area (Å²) in [6.07, 6.45) is 3.86. The van der Waals surface area contributed by atoms with Crippen molar-refractivity contribution in [2.45, 2.75) is 44.1 Å². The fraction of sp³-hybridized carbons (Fsp3) is 0.588. The van der Waals surface area contributed by atoms with E-state index in [2.05, 4.69) is 6.92 Å². The molecule has 1 aromatic rings. The van der Waals surface area contributed by atoms with Crippen molar-refractivity contribution in [3.8, 4) is 0 Å². The summed E-state index contributed by atoms with van der Waals surface area (Å²) in [5.74, 6) is 0.658. The molecular weight excluding hydrogens is 355 g/mol. The number of rotatable bonds is 3. The van der Waals surface area contributed by atoms with Crippen LogP contribution < -0.4 is 5.73 Å². The zero-order chi connectivity index (χ0) is 15.9. The second kappa shape index (κ2) is 7.18. The van der Waals surface area contributed by atoms with Gasteiger partial charge in [-0.05, 0) is 56.3 Å². The van der Waals surface area contributed by atoms with Gasteiger partial charge < -0.3 is 10.6 Å². The van der Waals surface area contributed by atoms with Gasteiger partial charge in [-0.2, -0.15) is 0 Å². The molecule has 1 saturated heterocycles. The topological polar surface area (TPSA) is 46.3 Å². The Labute approximate surface area is 153 Å². The first kappa shape index (κ1) is 18.9. The summed E-state index contributed by atoms with van der Waals surface area (Å²) in [5.41, 5.74) is 6.38. The zero-order valence-corrected chi connectivity index (χ0v) is 15.6. The number of benzene rings is 1. The molecule has 23 heavy (non-hydrogen) atoms. The largest absolute Gasteiger partial charge is 0.339 e. The van der Waals surface area contributed by atoms with Gasteiger partial charge in [-0.25, -0.2) is 0 Å². The average Bonchev–Trinajstić information content (AvgIpc) is 2.82. The minimum atomic E-state index is -0.411. The minimum Gasteiger partial charge on any atom is -0.339 e. The lowest BCUT2D eigenvalue weighted by atomic mass is 9.63. The Kier molecular flexibility index (Phi) is 5.89. The molecule has 2 aliphatic rings. The van der Waals surface area contributed by atoms with Gasteiger partial charge in [-0.15, -0.1) is 12.4 Å². The van der Waals surface area contributed by atoms with Crippen molar-refractivity contribution in [1.82, 2.24) is 4.90 Å². The third kappa shape index (κ3) is 3.21. The van der Waals surface area contributed by atoms with E-state index < -0.39 is 5.41 Å². The first-order chi connectivity index (χ1) is 10.5. The van der Waals surface area contributed by atoms with Gasteiger partial charge >= 0.3 is 0 Å². The Hall–Kier alpha value is -0.480. The number of likely N-dealkylation sites (tertiary alicyclic amines) is 1. The summed E-state index contributed by atoms with van der Waals surface area (Å²) in [6, 6.07) is 5.87. The van der Waals surface area contributed by atoms with Crippen molar-refractivity contribution in [2.75, 3.05) is 13.1 Å². The molecule has 1 heterocycles. The average molecular weight is 378 g/mol. The summed E-state index contributed by atoms with van der Waals surface area (Å²) >= 11 is 12.2. The van der Waals surface area contributed by atoms with Crippen LogP contribution in [0.5, 0.6) is 0 Å². The maximum absolute atomic E-state index is 13.2. The van der Waals surface area contributed by atoms with E-state index in [4.69, 9.17) is 28.9 Å². The minimum absolute atomic E-state index is 0. The number of carbonyl (C=O) groups excluding carboxylic acids is 1. The first-order valence-electron chi connectivity index (χ1n) is 7.94. The highest BCUT2D eigenvalue weighted by molar-refractivity contribution is 6.42. The summed E-state index contributed by atoms with van der Waals surface area (Å²) in [6.45, 7) is 3.54. The van der Waals surface area contributed by atoms with Crippen LogP contribution in [-0.4, -0.2) is 29.9 Å². The smallest absolute Gasteiger partial charge is 0.233 e. The number of hydrogen-bond acceptors (Lipinski definition) is 2. The summed E-state index contributed by atoms with van der Waals surface area (Å²) in [7, 11) is 0. The molecule has 3 nitrogen and oxygen atoms in total. The highest BCUT2D eigenvalue weighted by atomic mass is 35.5. The molecule has 128 valence electrons. The Morgan fingerprint density at radius 2 is 2.04 bits per heavy atom. The number of amides is 1. The van der Waals surface area contributed by atoms with Crippen LogP contribution in [0.4, 0.5) is 0 Å². The van der Waals surface area contributed by atoms with Gasteiger partial charge in [0, 0.05) is 12.6 Å². The van der Waals surface area contributed by atoms with Crippen molar-refractivity contribution < 1.29 is 4.79 Å². The van der Waals surface area contributed by atoms with Gasteiger partial charge in [0.25, 0.3) is 0 Å². The normalized spacial score (nSPS) is 25.7. The molecule has 6 heteroatoms. The van der Waals surface area contributed by atoms with E-state index in [1.807, 2.05) is 17.0 Å². The predicted octanol–water partition coefficient (Wildman–Crippen LogP) is 4.03. The van der Waals surface area contributed by atoms with Crippen LogP contribution in [0.15, 0.2) is 18.2 Å². The molecule has 1 amide bonds. The van der Waals surface area contributed by atoms with E-state index in [1.54, 1.807) is 6.07 Å². The lowest BCUT2D eigenvalue weighted by Crippen LogP contribution is -2.52. The molecule has 0 aromatic heterocycles. The highest BCUT2D eigenvalue weighted by Crippen LogP contribution is 2.47. The maximum Gasteiger partial charge on any atom is 0.233 e. The van der Waals surface area contributed by atoms with Gasteiger partial charge in [0.05, 0.1) is 15.5 Å². The molecule has 1 aliphatic heterocycles. The van der Waals surface area contributed by atoms with Crippen LogP contribution in [0.1, 0.15) is 38.2 Å². The van der Waals surface area contributed by atoms with E-state index >= 15 is 0 Å². The van der Waals surface area contributed by atoms with Gasteiger partial charge in [-0.3, -0.25) is 4.79 Å². The molecule has 1 aliphatic carbocycles. The first-order valence-corrected chi connectivity index (χ1v) is 8.70. The third-order valence-corrected chi connectivity index (χ3v) is 6.08. The van der Waals surface area contributed by atoms with Crippen LogP contribution >= 0.6 is 35.6 Å². The summed E-state index contributed by atoms with van der Waals surface area (Å²) in [4.78, 5) is 15.3. The molecule has 2 fully saturated rings. The monoisotopic (exact) mass is 376 g/mol. The molecule has 0 bridgehead atoms. The van der Waals surface area contributed by atoms with Crippen LogP contribution in [0, 0.1) is 5.92 Å². The van der Waals surface area contributed by atoms with Gasteiger partial charge in [0.1, 0.15) is 0 Å². The van der Waals surface area contributed by atoms with E-state index in [-0.39, 0.29) is 24.4 Å². The zero-order valence-electron chi connectivity index (χ0n) is 13.2. The number of nitrogens with zero attached hydrogens (tertiary/aromatic N) is 1. The van der Waals surface area contributed by atoms with Crippen LogP contribution in [-0.2, 0) is 10.2 Å². The standard InChI is InChI=1S/C17H22Cl2N2O.ClH/c1-11-7-12(9-20)10-21(11)16(22)17(5-2-6-17)13-3-4-14(18)15(19)8-13;/h3-4,8,11-12H,2,5-7,9-10,20H2,1H3;1H. The Balaban J connectivity index is 0.00000192. The lowest BCUT2D eigenvalue weighted by Gasteiger charge is -2.44. The van der Waals surface area contributed by atoms with Crippen molar-refractivity contribution in [3.63, 3.8) is 0 Å². The SMILES string of the molecule is CC1CC(CN)CN1C(=O)C1(c2ccc(Cl)c(Cl)c2)CCC1.Cl. The van der Waals surface area contributed by atoms with Gasteiger partial charge in [-0.1, -0.05) is 35.7 Å². The molecule has 1 aromatic carbocycles. The third-order valence-electron chi connectivity index (χ3n) is 5.34. The highest BCUT2D eigenvalue weighted by Gasteiger charge is 2.50. The van der Waals surface area contributed by atoms with E-state index in [0.717, 1.165) is 37.8 Å². The molecule has 0 radical (unpaired) electrons. The Morgan fingerprint density at radius 1 is 1.35 bits per heavy atom. The number of carbonyl (C=O) groups is 1. The molecule has 2 N–H and O–H groups in total. The Bertz CT molecular complexity index is 589. The number of hydrogen-bond donors (Lipinski definition) is 1. The fourth-order valence-electron chi connectivity index (χ4n) is 3.82. The van der Waals surface area contributed by atoms with Crippen molar-refractivity contribution in [2.24, 2.45) is 11.7 Å². The fourth-order valence-corrected chi connectivity index (χ4v) is 4.12. The maximum atomic E-state index is 13.2. The molecule has 2 atom stereocenters. The van der Waals surface area contributed by atoms with E-state index in [0.29, 0.717) is 22.5 Å². The molecule has 3 rings (SSSR count). The van der Waals surface area contributed by atoms with Gasteiger partial charge in [0.15, 0.2) is 0 Å². The quantitative estimate of drug-likeness (QED) is 0.864. The van der Waals surface area contributed by atoms with Crippen molar-refractivity contribution in [3.05, 3.63) is 33.8 Å². The van der Waals surface area contributed by atoms with Crippen LogP contribution in [0.25, 0.3) is 0 Å². The second-order valence-electron chi connectivity index (χ2n) is 6.71. The number of nitrogens with two attached hydrogens (primary N) is 1. The van der Waals surface area contributed by atoms with Crippen molar-refractivity contribution >= 4 is 41.5 Å². The molecule has 0 spiro atoms. The molecule has 1 saturated carbocycles.